The molecule has 128 valence electrons. The molecule has 1 amide bonds. The molecule has 3 aromatic rings. The molecule has 0 fully saturated rings. The first kappa shape index (κ1) is 16.7. The Kier molecular flexibility index (Phi) is 5.79. The lowest BCUT2D eigenvalue weighted by atomic mass is 10.1. The summed E-state index contributed by atoms with van der Waals surface area (Å²) in [6.45, 7) is 1.77. The Hall–Kier alpha value is -3.12. The number of hydrogen-bond donors (Lipinski definition) is 2. The number of hydrogen-bond acceptors (Lipinski definition) is 4. The van der Waals surface area contributed by atoms with Gasteiger partial charge in [0, 0.05) is 31.2 Å². The topological polar surface area (TPSA) is 68.2 Å². The molecule has 3 rings (SSSR count). The van der Waals surface area contributed by atoms with Gasteiger partial charge in [-0.2, -0.15) is 0 Å². The zero-order valence-electron chi connectivity index (χ0n) is 13.8. The molecule has 0 atom stereocenters. The van der Waals surface area contributed by atoms with Crippen molar-refractivity contribution in [3.8, 4) is 0 Å². The van der Waals surface area contributed by atoms with Gasteiger partial charge in [0.05, 0.1) is 18.5 Å². The molecule has 2 N–H and O–H groups in total. The first-order valence-corrected chi connectivity index (χ1v) is 8.07. The van der Waals surface area contributed by atoms with Crippen LogP contribution in [0.4, 0.5) is 5.69 Å². The van der Waals surface area contributed by atoms with Gasteiger partial charge in [-0.1, -0.05) is 42.5 Å². The third kappa shape index (κ3) is 4.92. The molecule has 25 heavy (non-hydrogen) atoms. The second-order valence-electron chi connectivity index (χ2n) is 5.48. The number of carbonyl (C=O) groups excluding carboxylic acids is 1. The molecule has 0 radical (unpaired) electrons. The lowest BCUT2D eigenvalue weighted by Gasteiger charge is -2.12. The van der Waals surface area contributed by atoms with E-state index in [-0.39, 0.29) is 5.91 Å². The summed E-state index contributed by atoms with van der Waals surface area (Å²) in [5.74, 6) is -0.276. The third-order valence-electron chi connectivity index (χ3n) is 3.66. The number of nitrogens with zero attached hydrogens (tertiary/aromatic N) is 2. The van der Waals surface area contributed by atoms with Crippen molar-refractivity contribution in [3.63, 3.8) is 0 Å². The van der Waals surface area contributed by atoms with Crippen molar-refractivity contribution < 1.29 is 9.63 Å². The van der Waals surface area contributed by atoms with Gasteiger partial charge in [-0.15, -0.1) is 0 Å². The van der Waals surface area contributed by atoms with Gasteiger partial charge in [0.2, 0.25) is 0 Å². The quantitative estimate of drug-likeness (QED) is 0.621. The van der Waals surface area contributed by atoms with Crippen molar-refractivity contribution in [2.24, 2.45) is 0 Å². The van der Waals surface area contributed by atoms with Gasteiger partial charge >= 0.3 is 0 Å². The summed E-state index contributed by atoms with van der Waals surface area (Å²) in [7, 11) is 0. The molecule has 0 saturated heterocycles. The molecule has 6 heteroatoms. The second kappa shape index (κ2) is 8.65. The Morgan fingerprint density at radius 2 is 1.88 bits per heavy atom. The van der Waals surface area contributed by atoms with Crippen LogP contribution < -0.4 is 10.8 Å². The minimum atomic E-state index is -0.276. The van der Waals surface area contributed by atoms with Gasteiger partial charge in [-0.25, -0.2) is 10.5 Å². The molecular formula is C19H20N4O2. The zero-order valence-corrected chi connectivity index (χ0v) is 13.8. The number of rotatable bonds is 8. The number of carbonyl (C=O) groups is 1. The minimum absolute atomic E-state index is 0.276. The number of benzene rings is 2. The molecule has 6 nitrogen and oxygen atoms in total. The third-order valence-corrected chi connectivity index (χ3v) is 3.66. The lowest BCUT2D eigenvalue weighted by Crippen LogP contribution is -2.25. The second-order valence-corrected chi connectivity index (χ2v) is 5.48. The van der Waals surface area contributed by atoms with Gasteiger partial charge in [0.15, 0.2) is 0 Å². The van der Waals surface area contributed by atoms with Crippen LogP contribution in [-0.4, -0.2) is 22.0 Å². The van der Waals surface area contributed by atoms with Crippen LogP contribution in [0.15, 0.2) is 73.3 Å². The van der Waals surface area contributed by atoms with Crippen molar-refractivity contribution in [1.82, 2.24) is 15.0 Å². The van der Waals surface area contributed by atoms with Crippen molar-refractivity contribution in [3.05, 3.63) is 84.4 Å². The smallest absolute Gasteiger partial charge is 0.276 e. The standard InChI is InChI=1S/C19H20N4O2/c24-19(22-25-14-16-6-2-1-3-7-16)17-8-4-5-9-18(17)21-11-13-23-12-10-20-15-23/h1-10,12,15,21H,11,13-14H2,(H,22,24). The Morgan fingerprint density at radius 3 is 2.68 bits per heavy atom. The molecule has 0 spiro atoms. The van der Waals surface area contributed by atoms with E-state index in [0.29, 0.717) is 18.7 Å². The molecule has 0 saturated carbocycles. The van der Waals surface area contributed by atoms with Gasteiger partial charge in [-0.3, -0.25) is 9.63 Å². The summed E-state index contributed by atoms with van der Waals surface area (Å²) in [5.41, 5.74) is 4.80. The fourth-order valence-corrected chi connectivity index (χ4v) is 2.39. The maximum absolute atomic E-state index is 12.4. The van der Waals surface area contributed by atoms with E-state index in [9.17, 15) is 4.79 Å². The fourth-order valence-electron chi connectivity index (χ4n) is 2.39. The van der Waals surface area contributed by atoms with Crippen molar-refractivity contribution in [2.45, 2.75) is 13.2 Å². The molecular weight excluding hydrogens is 316 g/mol. The normalized spacial score (nSPS) is 10.4. The van der Waals surface area contributed by atoms with Gasteiger partial charge in [-0.05, 0) is 17.7 Å². The molecule has 2 aromatic carbocycles. The molecule has 0 bridgehead atoms. The summed E-state index contributed by atoms with van der Waals surface area (Å²) in [5, 5.41) is 3.28. The van der Waals surface area contributed by atoms with Crippen LogP contribution in [0.2, 0.25) is 0 Å². The maximum atomic E-state index is 12.4. The van der Waals surface area contributed by atoms with Gasteiger partial charge in [0.25, 0.3) is 5.91 Å². The van der Waals surface area contributed by atoms with E-state index in [1.54, 1.807) is 18.6 Å². The Balaban J connectivity index is 1.53. The predicted molar refractivity (Wildman–Crippen MR) is 95.9 cm³/mol. The van der Waals surface area contributed by atoms with Crippen molar-refractivity contribution in [1.29, 1.82) is 0 Å². The molecule has 0 aliphatic rings. The highest BCUT2D eigenvalue weighted by atomic mass is 16.6. The van der Waals surface area contributed by atoms with Crippen LogP contribution in [0.1, 0.15) is 15.9 Å². The summed E-state index contributed by atoms with van der Waals surface area (Å²) < 4.78 is 1.97. The summed E-state index contributed by atoms with van der Waals surface area (Å²) in [4.78, 5) is 21.7. The van der Waals surface area contributed by atoms with Crippen molar-refractivity contribution in [2.75, 3.05) is 11.9 Å². The number of aromatic nitrogens is 2. The first-order valence-electron chi connectivity index (χ1n) is 8.07. The van der Waals surface area contributed by atoms with Gasteiger partial charge < -0.3 is 9.88 Å². The number of nitrogens with one attached hydrogen (secondary N) is 2. The monoisotopic (exact) mass is 336 g/mol. The fraction of sp³-hybridized carbons (Fsp3) is 0.158. The highest BCUT2D eigenvalue weighted by Crippen LogP contribution is 2.14. The van der Waals surface area contributed by atoms with Crippen LogP contribution in [-0.2, 0) is 18.0 Å². The van der Waals surface area contributed by atoms with Crippen LogP contribution >= 0.6 is 0 Å². The summed E-state index contributed by atoms with van der Waals surface area (Å²) >= 11 is 0. The molecule has 0 aliphatic heterocycles. The number of anilines is 1. The highest BCUT2D eigenvalue weighted by Gasteiger charge is 2.10. The van der Waals surface area contributed by atoms with E-state index in [1.165, 1.54) is 0 Å². The lowest BCUT2D eigenvalue weighted by molar-refractivity contribution is 0.0234. The molecule has 0 unspecified atom stereocenters. The summed E-state index contributed by atoms with van der Waals surface area (Å²) in [6.07, 6.45) is 5.40. The Labute approximate surface area is 146 Å². The Bertz CT molecular complexity index is 788. The van der Waals surface area contributed by atoms with Crippen molar-refractivity contribution >= 4 is 11.6 Å². The van der Waals surface area contributed by atoms with E-state index in [1.807, 2.05) is 59.3 Å². The first-order chi connectivity index (χ1) is 12.3. The van der Waals surface area contributed by atoms with Crippen LogP contribution in [0, 0.1) is 0 Å². The number of imidazole rings is 1. The van der Waals surface area contributed by atoms with E-state index < -0.39 is 0 Å². The molecule has 1 heterocycles. The summed E-state index contributed by atoms with van der Waals surface area (Å²) in [6, 6.07) is 17.0. The average Bonchev–Trinajstić information content (AvgIpc) is 3.16. The van der Waals surface area contributed by atoms with E-state index in [0.717, 1.165) is 17.8 Å². The molecule has 1 aromatic heterocycles. The Morgan fingerprint density at radius 1 is 1.08 bits per heavy atom. The SMILES string of the molecule is O=C(NOCc1ccccc1)c1ccccc1NCCn1ccnc1. The van der Waals surface area contributed by atoms with E-state index in [2.05, 4.69) is 15.8 Å². The van der Waals surface area contributed by atoms with Crippen LogP contribution in [0.3, 0.4) is 0 Å². The number of hydroxylamine groups is 1. The highest BCUT2D eigenvalue weighted by molar-refractivity contribution is 5.98. The minimum Gasteiger partial charge on any atom is -0.383 e. The number of amides is 1. The average molecular weight is 336 g/mol. The maximum Gasteiger partial charge on any atom is 0.276 e. The number of para-hydroxylation sites is 1. The van der Waals surface area contributed by atoms with E-state index in [4.69, 9.17) is 4.84 Å². The predicted octanol–water partition coefficient (Wildman–Crippen LogP) is 2.86. The van der Waals surface area contributed by atoms with Gasteiger partial charge in [0.1, 0.15) is 0 Å². The van der Waals surface area contributed by atoms with E-state index >= 15 is 0 Å². The molecule has 0 aliphatic carbocycles. The van der Waals surface area contributed by atoms with Crippen LogP contribution in [0.5, 0.6) is 0 Å². The zero-order chi connectivity index (χ0) is 17.3. The largest absolute Gasteiger partial charge is 0.383 e. The van der Waals surface area contributed by atoms with Crippen LogP contribution in [0.25, 0.3) is 0 Å².